The van der Waals surface area contributed by atoms with Crippen LogP contribution in [0.3, 0.4) is 0 Å². The first kappa shape index (κ1) is 15.9. The molecule has 4 nitrogen and oxygen atoms in total. The summed E-state index contributed by atoms with van der Waals surface area (Å²) in [6.45, 7) is 2.70. The first-order chi connectivity index (χ1) is 8.62. The fourth-order valence-electron chi connectivity index (χ4n) is 1.72. The van der Waals surface area contributed by atoms with Gasteiger partial charge in [-0.2, -0.15) is 0 Å². The average molecular weight is 303 g/mol. The Balaban J connectivity index is 3.10. The van der Waals surface area contributed by atoms with Crippen molar-refractivity contribution in [1.29, 1.82) is 0 Å². The topological polar surface area (TPSA) is 68.3 Å². The van der Waals surface area contributed by atoms with Crippen molar-refractivity contribution in [3.05, 3.63) is 28.8 Å². The maximum atomic E-state index is 11.4. The third-order valence-electron chi connectivity index (χ3n) is 2.86. The Morgan fingerprint density at radius 2 is 1.74 bits per heavy atom. The zero-order valence-corrected chi connectivity index (χ0v) is 12.5. The summed E-state index contributed by atoms with van der Waals surface area (Å²) in [4.78, 5) is 22.8. The second-order valence-corrected chi connectivity index (χ2v) is 6.93. The standard InChI is InChI=1S/C13H15ClO4S/c1-8(15)12(9(2)16)6-10-4-5-11(7-13(10)14)19(3,17)18/h4-5,7,12H,6H2,1-3H3. The van der Waals surface area contributed by atoms with Crippen molar-refractivity contribution < 1.29 is 18.0 Å². The molecule has 0 N–H and O–H groups in total. The van der Waals surface area contributed by atoms with E-state index in [0.29, 0.717) is 5.56 Å². The van der Waals surface area contributed by atoms with Crippen molar-refractivity contribution in [3.63, 3.8) is 0 Å². The van der Waals surface area contributed by atoms with E-state index < -0.39 is 15.8 Å². The highest BCUT2D eigenvalue weighted by molar-refractivity contribution is 7.90. The number of carbonyl (C=O) groups is 2. The molecule has 104 valence electrons. The summed E-state index contributed by atoms with van der Waals surface area (Å²) in [6.07, 6.45) is 1.28. The van der Waals surface area contributed by atoms with Gasteiger partial charge in [0.05, 0.1) is 10.8 Å². The van der Waals surface area contributed by atoms with Gasteiger partial charge in [0, 0.05) is 11.3 Å². The zero-order valence-electron chi connectivity index (χ0n) is 10.9. The summed E-state index contributed by atoms with van der Waals surface area (Å²) in [7, 11) is -3.32. The molecule has 1 rings (SSSR count). The minimum absolute atomic E-state index is 0.114. The lowest BCUT2D eigenvalue weighted by atomic mass is 9.93. The molecule has 0 aromatic heterocycles. The molecule has 0 unspecified atom stereocenters. The van der Waals surface area contributed by atoms with E-state index in [-0.39, 0.29) is 27.9 Å². The highest BCUT2D eigenvalue weighted by atomic mass is 35.5. The van der Waals surface area contributed by atoms with E-state index in [1.165, 1.54) is 32.0 Å². The Labute approximate surface area is 117 Å². The molecule has 0 fully saturated rings. The van der Waals surface area contributed by atoms with Crippen LogP contribution in [0.4, 0.5) is 0 Å². The molecule has 0 bridgehead atoms. The number of benzene rings is 1. The van der Waals surface area contributed by atoms with E-state index in [9.17, 15) is 18.0 Å². The van der Waals surface area contributed by atoms with Crippen LogP contribution in [0.15, 0.2) is 23.1 Å². The number of hydrogen-bond donors (Lipinski definition) is 0. The Morgan fingerprint density at radius 3 is 2.11 bits per heavy atom. The van der Waals surface area contributed by atoms with Gasteiger partial charge in [0.25, 0.3) is 0 Å². The quantitative estimate of drug-likeness (QED) is 0.781. The molecule has 0 radical (unpaired) electrons. The molecule has 0 saturated heterocycles. The minimum Gasteiger partial charge on any atom is -0.299 e. The van der Waals surface area contributed by atoms with E-state index in [0.717, 1.165) is 6.26 Å². The number of carbonyl (C=O) groups excluding carboxylic acids is 2. The second kappa shape index (κ2) is 5.84. The summed E-state index contributed by atoms with van der Waals surface area (Å²) in [6, 6.07) is 4.30. The summed E-state index contributed by atoms with van der Waals surface area (Å²) in [5.74, 6) is -1.19. The van der Waals surface area contributed by atoms with E-state index in [1.54, 1.807) is 0 Å². The van der Waals surface area contributed by atoms with Crippen LogP contribution in [0.25, 0.3) is 0 Å². The third kappa shape index (κ3) is 4.14. The van der Waals surface area contributed by atoms with Crippen LogP contribution in [-0.2, 0) is 25.8 Å². The smallest absolute Gasteiger partial charge is 0.175 e. The fourth-order valence-corrected chi connectivity index (χ4v) is 2.69. The van der Waals surface area contributed by atoms with Gasteiger partial charge in [0.15, 0.2) is 9.84 Å². The van der Waals surface area contributed by atoms with Gasteiger partial charge in [-0.25, -0.2) is 8.42 Å². The van der Waals surface area contributed by atoms with Crippen molar-refractivity contribution in [3.8, 4) is 0 Å². The molecule has 1 aromatic rings. The van der Waals surface area contributed by atoms with E-state index >= 15 is 0 Å². The summed E-state index contributed by atoms with van der Waals surface area (Å²) < 4.78 is 22.7. The van der Waals surface area contributed by atoms with E-state index in [4.69, 9.17) is 11.6 Å². The van der Waals surface area contributed by atoms with Gasteiger partial charge < -0.3 is 0 Å². The molecule has 6 heteroatoms. The molecule has 0 saturated carbocycles. The largest absolute Gasteiger partial charge is 0.299 e. The van der Waals surface area contributed by atoms with Crippen LogP contribution >= 0.6 is 11.6 Å². The SMILES string of the molecule is CC(=O)C(Cc1ccc(S(C)(=O)=O)cc1Cl)C(C)=O. The third-order valence-corrected chi connectivity index (χ3v) is 4.32. The molecular weight excluding hydrogens is 288 g/mol. The lowest BCUT2D eigenvalue weighted by Gasteiger charge is -2.12. The Hall–Kier alpha value is -1.20. The van der Waals surface area contributed by atoms with Crippen LogP contribution in [0.5, 0.6) is 0 Å². The maximum Gasteiger partial charge on any atom is 0.175 e. The molecule has 0 aliphatic rings. The normalized spacial score (nSPS) is 11.6. The van der Waals surface area contributed by atoms with Gasteiger partial charge in [-0.3, -0.25) is 9.59 Å². The number of Topliss-reactive ketones (excluding diaryl/α,β-unsaturated/α-hetero) is 2. The predicted molar refractivity (Wildman–Crippen MR) is 73.1 cm³/mol. The van der Waals surface area contributed by atoms with Crippen molar-refractivity contribution in [2.45, 2.75) is 25.2 Å². The lowest BCUT2D eigenvalue weighted by Crippen LogP contribution is -2.22. The van der Waals surface area contributed by atoms with E-state index in [1.807, 2.05) is 0 Å². The molecule has 0 spiro atoms. The van der Waals surface area contributed by atoms with Gasteiger partial charge in [-0.15, -0.1) is 0 Å². The molecule has 19 heavy (non-hydrogen) atoms. The average Bonchev–Trinajstić information content (AvgIpc) is 2.24. The Bertz CT molecular complexity index is 606. The van der Waals surface area contributed by atoms with Crippen LogP contribution < -0.4 is 0 Å². The summed E-state index contributed by atoms with van der Waals surface area (Å²) in [5.41, 5.74) is 0.587. The van der Waals surface area contributed by atoms with E-state index in [2.05, 4.69) is 0 Å². The molecule has 0 atom stereocenters. The molecule has 0 amide bonds. The monoisotopic (exact) mass is 302 g/mol. The maximum absolute atomic E-state index is 11.4. The first-order valence-electron chi connectivity index (χ1n) is 5.62. The number of halogens is 1. The number of hydrogen-bond acceptors (Lipinski definition) is 4. The van der Waals surface area contributed by atoms with Crippen LogP contribution in [0.2, 0.25) is 5.02 Å². The Kier molecular flexibility index (Phi) is 4.87. The van der Waals surface area contributed by atoms with Crippen molar-refractivity contribution in [2.75, 3.05) is 6.26 Å². The number of rotatable bonds is 5. The number of sulfone groups is 1. The highest BCUT2D eigenvalue weighted by Gasteiger charge is 2.21. The van der Waals surface area contributed by atoms with Crippen molar-refractivity contribution >= 4 is 33.0 Å². The predicted octanol–water partition coefficient (Wildman–Crippen LogP) is 2.08. The van der Waals surface area contributed by atoms with Gasteiger partial charge >= 0.3 is 0 Å². The van der Waals surface area contributed by atoms with Crippen LogP contribution in [0, 0.1) is 5.92 Å². The van der Waals surface area contributed by atoms with Gasteiger partial charge in [-0.1, -0.05) is 17.7 Å². The first-order valence-corrected chi connectivity index (χ1v) is 7.89. The molecule has 0 aliphatic heterocycles. The van der Waals surface area contributed by atoms with Gasteiger partial charge in [0.1, 0.15) is 11.6 Å². The van der Waals surface area contributed by atoms with Crippen LogP contribution in [0.1, 0.15) is 19.4 Å². The fraction of sp³-hybridized carbons (Fsp3) is 0.385. The Morgan fingerprint density at radius 1 is 1.21 bits per heavy atom. The molecule has 0 aliphatic carbocycles. The van der Waals surface area contributed by atoms with Crippen LogP contribution in [-0.4, -0.2) is 26.2 Å². The summed E-state index contributed by atoms with van der Waals surface area (Å²) >= 11 is 6.00. The molecule has 1 aromatic carbocycles. The van der Waals surface area contributed by atoms with Gasteiger partial charge in [-0.05, 0) is 38.0 Å². The van der Waals surface area contributed by atoms with Crippen molar-refractivity contribution in [1.82, 2.24) is 0 Å². The van der Waals surface area contributed by atoms with Gasteiger partial charge in [0.2, 0.25) is 0 Å². The zero-order chi connectivity index (χ0) is 14.8. The minimum atomic E-state index is -3.32. The summed E-state index contributed by atoms with van der Waals surface area (Å²) in [5, 5.41) is 0.246. The molecule has 0 heterocycles. The lowest BCUT2D eigenvalue weighted by molar-refractivity contribution is -0.130. The van der Waals surface area contributed by atoms with Crippen molar-refractivity contribution in [2.24, 2.45) is 5.92 Å². The highest BCUT2D eigenvalue weighted by Crippen LogP contribution is 2.24. The molecular formula is C13H15ClO4S. The number of ketones is 2. The second-order valence-electron chi connectivity index (χ2n) is 4.50.